The Bertz CT molecular complexity index is 781. The van der Waals surface area contributed by atoms with Gasteiger partial charge in [0.15, 0.2) is 0 Å². The van der Waals surface area contributed by atoms with Crippen molar-refractivity contribution >= 4 is 16.8 Å². The van der Waals surface area contributed by atoms with Gasteiger partial charge < -0.3 is 10.6 Å². The Balaban J connectivity index is 1.50. The van der Waals surface area contributed by atoms with Crippen LogP contribution in [-0.4, -0.2) is 17.6 Å². The maximum Gasteiger partial charge on any atom is 0.315 e. The highest BCUT2D eigenvalue weighted by Gasteiger charge is 2.03. The predicted molar refractivity (Wildman–Crippen MR) is 92.1 cm³/mol. The van der Waals surface area contributed by atoms with Gasteiger partial charge in [-0.05, 0) is 40.5 Å². The second-order valence-corrected chi connectivity index (χ2v) is 5.35. The zero-order valence-electron chi connectivity index (χ0n) is 12.8. The Kier molecular flexibility index (Phi) is 4.84. The number of nitrogens with one attached hydrogen (secondary N) is 2. The summed E-state index contributed by atoms with van der Waals surface area (Å²) in [5.41, 5.74) is 2.28. The fourth-order valence-corrected chi connectivity index (χ4v) is 2.57. The second-order valence-electron chi connectivity index (χ2n) is 5.35. The first-order valence-corrected chi connectivity index (χ1v) is 7.70. The molecule has 0 atom stereocenters. The summed E-state index contributed by atoms with van der Waals surface area (Å²) in [5, 5.41) is 8.22. The highest BCUT2D eigenvalue weighted by atomic mass is 16.2. The zero-order chi connectivity index (χ0) is 15.9. The van der Waals surface area contributed by atoms with E-state index >= 15 is 0 Å². The van der Waals surface area contributed by atoms with Crippen molar-refractivity contribution in [2.24, 2.45) is 0 Å². The smallest absolute Gasteiger partial charge is 0.315 e. The molecule has 0 fully saturated rings. The molecule has 0 unspecified atom stereocenters. The number of aromatic nitrogens is 1. The normalized spacial score (nSPS) is 10.4. The second kappa shape index (κ2) is 7.40. The molecule has 2 N–H and O–H groups in total. The molecular weight excluding hydrogens is 286 g/mol. The molecule has 0 radical (unpaired) electrons. The van der Waals surface area contributed by atoms with Crippen LogP contribution in [0.15, 0.2) is 67.0 Å². The third-order valence-electron chi connectivity index (χ3n) is 3.76. The summed E-state index contributed by atoms with van der Waals surface area (Å²) in [5.74, 6) is 0. The van der Waals surface area contributed by atoms with Gasteiger partial charge in [0.25, 0.3) is 0 Å². The highest BCUT2D eigenvalue weighted by Crippen LogP contribution is 2.18. The van der Waals surface area contributed by atoms with Crippen molar-refractivity contribution in [2.75, 3.05) is 6.54 Å². The average Bonchev–Trinajstić information content (AvgIpc) is 2.61. The van der Waals surface area contributed by atoms with E-state index < -0.39 is 0 Å². The lowest BCUT2D eigenvalue weighted by molar-refractivity contribution is 0.240. The molecule has 0 aliphatic heterocycles. The molecule has 0 saturated carbocycles. The molecule has 2 amide bonds. The Morgan fingerprint density at radius 2 is 1.70 bits per heavy atom. The van der Waals surface area contributed by atoms with Gasteiger partial charge in [-0.15, -0.1) is 0 Å². The molecule has 0 aliphatic rings. The molecule has 0 saturated heterocycles. The minimum absolute atomic E-state index is 0.151. The quantitative estimate of drug-likeness (QED) is 0.760. The van der Waals surface area contributed by atoms with Crippen molar-refractivity contribution in [3.05, 3.63) is 78.1 Å². The number of rotatable bonds is 5. The third kappa shape index (κ3) is 4.07. The SMILES string of the molecule is O=C(NCCc1cccc2ccccc12)NCc1ccncc1. The summed E-state index contributed by atoms with van der Waals surface area (Å²) >= 11 is 0. The van der Waals surface area contributed by atoms with Gasteiger partial charge in [0.05, 0.1) is 0 Å². The van der Waals surface area contributed by atoms with Crippen LogP contribution in [0.1, 0.15) is 11.1 Å². The molecule has 1 heterocycles. The first-order chi connectivity index (χ1) is 11.3. The number of hydrogen-bond acceptors (Lipinski definition) is 2. The van der Waals surface area contributed by atoms with Crippen LogP contribution in [0.3, 0.4) is 0 Å². The summed E-state index contributed by atoms with van der Waals surface area (Å²) in [4.78, 5) is 15.8. The zero-order valence-corrected chi connectivity index (χ0v) is 12.8. The number of urea groups is 1. The average molecular weight is 305 g/mol. The van der Waals surface area contributed by atoms with Crippen LogP contribution >= 0.6 is 0 Å². The molecule has 3 rings (SSSR count). The van der Waals surface area contributed by atoms with Gasteiger partial charge in [-0.25, -0.2) is 4.79 Å². The minimum atomic E-state index is -0.151. The Morgan fingerprint density at radius 1 is 0.913 bits per heavy atom. The molecule has 4 heteroatoms. The number of nitrogens with zero attached hydrogens (tertiary/aromatic N) is 1. The van der Waals surface area contributed by atoms with Crippen molar-refractivity contribution in [3.8, 4) is 0 Å². The summed E-state index contributed by atoms with van der Waals surface area (Å²) < 4.78 is 0. The van der Waals surface area contributed by atoms with E-state index in [2.05, 4.69) is 45.9 Å². The van der Waals surface area contributed by atoms with Crippen molar-refractivity contribution in [3.63, 3.8) is 0 Å². The Hall–Kier alpha value is -2.88. The third-order valence-corrected chi connectivity index (χ3v) is 3.76. The van der Waals surface area contributed by atoms with Gasteiger partial charge >= 0.3 is 6.03 Å². The monoisotopic (exact) mass is 305 g/mol. The maximum atomic E-state index is 11.8. The molecule has 23 heavy (non-hydrogen) atoms. The first kappa shape index (κ1) is 15.0. The molecule has 116 valence electrons. The lowest BCUT2D eigenvalue weighted by atomic mass is 10.0. The molecule has 2 aromatic carbocycles. The number of amides is 2. The summed E-state index contributed by atoms with van der Waals surface area (Å²) in [6, 6.07) is 18.2. The topological polar surface area (TPSA) is 54.0 Å². The van der Waals surface area contributed by atoms with Crippen LogP contribution in [0.4, 0.5) is 4.79 Å². The number of carbonyl (C=O) groups is 1. The van der Waals surface area contributed by atoms with Gasteiger partial charge in [0.1, 0.15) is 0 Å². The lowest BCUT2D eigenvalue weighted by Crippen LogP contribution is -2.36. The van der Waals surface area contributed by atoms with Gasteiger partial charge in [0, 0.05) is 25.5 Å². The number of carbonyl (C=O) groups excluding carboxylic acids is 1. The van der Waals surface area contributed by atoms with Crippen LogP contribution in [0.2, 0.25) is 0 Å². The molecule has 0 aliphatic carbocycles. The predicted octanol–water partition coefficient (Wildman–Crippen LogP) is 3.28. The van der Waals surface area contributed by atoms with Crippen molar-refractivity contribution in [1.29, 1.82) is 0 Å². The number of pyridine rings is 1. The van der Waals surface area contributed by atoms with Crippen LogP contribution in [0, 0.1) is 0 Å². The van der Waals surface area contributed by atoms with E-state index in [-0.39, 0.29) is 6.03 Å². The molecule has 1 aromatic heterocycles. The van der Waals surface area contributed by atoms with Gasteiger partial charge in [0.2, 0.25) is 0 Å². The van der Waals surface area contributed by atoms with E-state index in [1.165, 1.54) is 16.3 Å². The van der Waals surface area contributed by atoms with Crippen LogP contribution in [0.25, 0.3) is 10.8 Å². The van der Waals surface area contributed by atoms with E-state index in [1.807, 2.05) is 24.3 Å². The molecule has 3 aromatic rings. The van der Waals surface area contributed by atoms with E-state index in [9.17, 15) is 4.79 Å². The fraction of sp³-hybridized carbons (Fsp3) is 0.158. The standard InChI is InChI=1S/C19H19N3O/c23-19(22-14-15-8-11-20-12-9-15)21-13-10-17-6-3-5-16-4-1-2-7-18(16)17/h1-9,11-12H,10,13-14H2,(H2,21,22,23). The first-order valence-electron chi connectivity index (χ1n) is 7.70. The van der Waals surface area contributed by atoms with Crippen LogP contribution in [-0.2, 0) is 13.0 Å². The van der Waals surface area contributed by atoms with E-state index in [0.717, 1.165) is 12.0 Å². The Morgan fingerprint density at radius 3 is 2.57 bits per heavy atom. The maximum absolute atomic E-state index is 11.8. The molecule has 4 nitrogen and oxygen atoms in total. The fourth-order valence-electron chi connectivity index (χ4n) is 2.57. The lowest BCUT2D eigenvalue weighted by Gasteiger charge is -2.09. The number of hydrogen-bond donors (Lipinski definition) is 2. The van der Waals surface area contributed by atoms with Crippen molar-refractivity contribution in [2.45, 2.75) is 13.0 Å². The molecule has 0 spiro atoms. The van der Waals surface area contributed by atoms with E-state index in [0.29, 0.717) is 13.1 Å². The van der Waals surface area contributed by atoms with Crippen molar-refractivity contribution in [1.82, 2.24) is 15.6 Å². The summed E-state index contributed by atoms with van der Waals surface area (Å²) in [6.07, 6.45) is 4.24. The minimum Gasteiger partial charge on any atom is -0.338 e. The summed E-state index contributed by atoms with van der Waals surface area (Å²) in [7, 11) is 0. The van der Waals surface area contributed by atoms with Gasteiger partial charge in [-0.1, -0.05) is 42.5 Å². The molecular formula is C19H19N3O. The van der Waals surface area contributed by atoms with Crippen LogP contribution in [0.5, 0.6) is 0 Å². The number of fused-ring (bicyclic) bond motifs is 1. The van der Waals surface area contributed by atoms with Gasteiger partial charge in [-0.3, -0.25) is 4.98 Å². The van der Waals surface area contributed by atoms with E-state index in [1.54, 1.807) is 12.4 Å². The van der Waals surface area contributed by atoms with Crippen molar-refractivity contribution < 1.29 is 4.79 Å². The number of benzene rings is 2. The van der Waals surface area contributed by atoms with E-state index in [4.69, 9.17) is 0 Å². The van der Waals surface area contributed by atoms with Gasteiger partial charge in [-0.2, -0.15) is 0 Å². The van der Waals surface area contributed by atoms with Crippen LogP contribution < -0.4 is 10.6 Å². The summed E-state index contributed by atoms with van der Waals surface area (Å²) in [6.45, 7) is 1.11. The Labute approximate surface area is 135 Å². The largest absolute Gasteiger partial charge is 0.338 e. The molecule has 0 bridgehead atoms. The highest BCUT2D eigenvalue weighted by molar-refractivity contribution is 5.85.